The van der Waals surface area contributed by atoms with Crippen LogP contribution in [0.25, 0.3) is 5.69 Å². The first-order valence-corrected chi connectivity index (χ1v) is 9.14. The SMILES string of the molecule is CC[C@H]1c2cccn2-c2ccccc2CN1C(=O)Nc1ccccc1Cl. The third-order valence-electron chi connectivity index (χ3n) is 4.85. The Morgan fingerprint density at radius 2 is 1.88 bits per heavy atom. The van der Waals surface area contributed by atoms with Crippen LogP contribution in [0.4, 0.5) is 10.5 Å². The number of urea groups is 1. The maximum absolute atomic E-state index is 13.1. The lowest BCUT2D eigenvalue weighted by Crippen LogP contribution is -2.37. The van der Waals surface area contributed by atoms with Crippen LogP contribution in [0.3, 0.4) is 0 Å². The van der Waals surface area contributed by atoms with Gasteiger partial charge in [-0.1, -0.05) is 48.9 Å². The largest absolute Gasteiger partial charge is 0.322 e. The Kier molecular flexibility index (Phi) is 4.43. The van der Waals surface area contributed by atoms with Gasteiger partial charge in [-0.05, 0) is 42.3 Å². The van der Waals surface area contributed by atoms with E-state index in [0.717, 1.165) is 23.4 Å². The molecule has 1 atom stereocenters. The Bertz CT molecular complexity index is 950. The molecule has 2 aromatic carbocycles. The second kappa shape index (κ2) is 6.89. The summed E-state index contributed by atoms with van der Waals surface area (Å²) in [7, 11) is 0. The first kappa shape index (κ1) is 16.7. The molecule has 1 aromatic heterocycles. The van der Waals surface area contributed by atoms with Crippen LogP contribution < -0.4 is 5.32 Å². The molecule has 2 heterocycles. The van der Waals surface area contributed by atoms with Gasteiger partial charge in [0.05, 0.1) is 29.0 Å². The number of aromatic nitrogens is 1. The molecule has 5 heteroatoms. The van der Waals surface area contributed by atoms with Gasteiger partial charge in [0.15, 0.2) is 0 Å². The van der Waals surface area contributed by atoms with Gasteiger partial charge in [-0.25, -0.2) is 4.79 Å². The Morgan fingerprint density at radius 1 is 1.12 bits per heavy atom. The predicted octanol–water partition coefficient (Wildman–Crippen LogP) is 5.63. The van der Waals surface area contributed by atoms with Gasteiger partial charge >= 0.3 is 6.03 Å². The molecule has 0 saturated heterocycles. The number of amides is 2. The van der Waals surface area contributed by atoms with E-state index in [2.05, 4.69) is 41.2 Å². The van der Waals surface area contributed by atoms with E-state index in [1.807, 2.05) is 41.3 Å². The first-order chi connectivity index (χ1) is 12.7. The molecule has 1 N–H and O–H groups in total. The number of para-hydroxylation sites is 2. The number of fused-ring (bicyclic) bond motifs is 3. The fourth-order valence-electron chi connectivity index (χ4n) is 3.61. The van der Waals surface area contributed by atoms with E-state index in [-0.39, 0.29) is 12.1 Å². The highest BCUT2D eigenvalue weighted by atomic mass is 35.5. The van der Waals surface area contributed by atoms with Crippen molar-refractivity contribution in [2.75, 3.05) is 5.32 Å². The molecule has 132 valence electrons. The molecule has 0 aliphatic carbocycles. The molecule has 4 rings (SSSR count). The second-order valence-electron chi connectivity index (χ2n) is 6.39. The quantitative estimate of drug-likeness (QED) is 0.627. The van der Waals surface area contributed by atoms with Gasteiger partial charge in [0.2, 0.25) is 0 Å². The van der Waals surface area contributed by atoms with Crippen molar-refractivity contribution >= 4 is 23.3 Å². The van der Waals surface area contributed by atoms with Crippen molar-refractivity contribution in [2.45, 2.75) is 25.9 Å². The highest BCUT2D eigenvalue weighted by Crippen LogP contribution is 2.34. The zero-order valence-corrected chi connectivity index (χ0v) is 15.3. The summed E-state index contributed by atoms with van der Waals surface area (Å²) in [5, 5.41) is 3.51. The molecule has 1 aliphatic rings. The van der Waals surface area contributed by atoms with Gasteiger partial charge in [-0.3, -0.25) is 0 Å². The number of rotatable bonds is 2. The number of nitrogens with zero attached hydrogens (tertiary/aromatic N) is 2. The van der Waals surface area contributed by atoms with E-state index in [4.69, 9.17) is 11.6 Å². The molecule has 0 unspecified atom stereocenters. The minimum atomic E-state index is -0.144. The molecule has 0 bridgehead atoms. The van der Waals surface area contributed by atoms with Gasteiger partial charge < -0.3 is 14.8 Å². The van der Waals surface area contributed by atoms with E-state index >= 15 is 0 Å². The standard InChI is InChI=1S/C21H20ClN3O/c1-2-18-20-12-7-13-24(20)19-11-6-3-8-15(19)14-25(18)21(26)23-17-10-5-4-9-16(17)22/h3-13,18H,2,14H2,1H3,(H,23,26)/t18-/m0/s1. The van der Waals surface area contributed by atoms with E-state index in [9.17, 15) is 4.79 Å². The average Bonchev–Trinajstić information content (AvgIpc) is 3.08. The van der Waals surface area contributed by atoms with Gasteiger partial charge in [0.25, 0.3) is 0 Å². The summed E-state index contributed by atoms with van der Waals surface area (Å²) in [6.07, 6.45) is 2.89. The Balaban J connectivity index is 1.74. The number of hydrogen-bond donors (Lipinski definition) is 1. The van der Waals surface area contributed by atoms with Crippen LogP contribution in [0.2, 0.25) is 5.02 Å². The molecule has 0 fully saturated rings. The molecule has 0 radical (unpaired) electrons. The fraction of sp³-hybridized carbons (Fsp3) is 0.190. The van der Waals surface area contributed by atoms with Crippen LogP contribution in [0, 0.1) is 0 Å². The Morgan fingerprint density at radius 3 is 2.69 bits per heavy atom. The van der Waals surface area contributed by atoms with E-state index in [1.54, 1.807) is 6.07 Å². The third kappa shape index (κ3) is 2.86. The van der Waals surface area contributed by atoms with Gasteiger partial charge in [-0.15, -0.1) is 0 Å². The lowest BCUT2D eigenvalue weighted by atomic mass is 10.1. The zero-order valence-electron chi connectivity index (χ0n) is 14.5. The Hall–Kier alpha value is -2.72. The summed E-state index contributed by atoms with van der Waals surface area (Å²) >= 11 is 6.22. The minimum Gasteiger partial charge on any atom is -0.318 e. The number of carbonyl (C=O) groups excluding carboxylic acids is 1. The summed E-state index contributed by atoms with van der Waals surface area (Å²) in [5.74, 6) is 0. The van der Waals surface area contributed by atoms with Crippen LogP contribution in [0.5, 0.6) is 0 Å². The molecule has 4 nitrogen and oxygen atoms in total. The normalized spacial score (nSPS) is 15.8. The number of halogens is 1. The van der Waals surface area contributed by atoms with Crippen LogP contribution in [-0.4, -0.2) is 15.5 Å². The summed E-state index contributed by atoms with van der Waals surface area (Å²) in [5.41, 5.74) is 3.99. The van der Waals surface area contributed by atoms with E-state index < -0.39 is 0 Å². The van der Waals surface area contributed by atoms with Crippen molar-refractivity contribution in [3.63, 3.8) is 0 Å². The molecule has 0 saturated carbocycles. The van der Waals surface area contributed by atoms with Gasteiger partial charge in [0, 0.05) is 11.9 Å². The molecular weight excluding hydrogens is 346 g/mol. The summed E-state index contributed by atoms with van der Waals surface area (Å²) in [6, 6.07) is 19.5. The molecule has 3 aromatic rings. The maximum Gasteiger partial charge on any atom is 0.322 e. The van der Waals surface area contributed by atoms with Crippen molar-refractivity contribution in [2.24, 2.45) is 0 Å². The molecule has 0 spiro atoms. The van der Waals surface area contributed by atoms with Crippen molar-refractivity contribution in [3.05, 3.63) is 83.1 Å². The van der Waals surface area contributed by atoms with E-state index in [0.29, 0.717) is 17.3 Å². The van der Waals surface area contributed by atoms with Crippen LogP contribution in [-0.2, 0) is 6.54 Å². The number of anilines is 1. The molecule has 1 aliphatic heterocycles. The summed E-state index contributed by atoms with van der Waals surface area (Å²) in [4.78, 5) is 15.0. The van der Waals surface area contributed by atoms with Crippen molar-refractivity contribution in [1.82, 2.24) is 9.47 Å². The third-order valence-corrected chi connectivity index (χ3v) is 5.18. The van der Waals surface area contributed by atoms with E-state index in [1.165, 1.54) is 0 Å². The van der Waals surface area contributed by atoms with Gasteiger partial charge in [0.1, 0.15) is 0 Å². The summed E-state index contributed by atoms with van der Waals surface area (Å²) in [6.45, 7) is 2.65. The average molecular weight is 366 g/mol. The highest BCUT2D eigenvalue weighted by molar-refractivity contribution is 6.33. The van der Waals surface area contributed by atoms with Crippen LogP contribution in [0.15, 0.2) is 66.9 Å². The van der Waals surface area contributed by atoms with Crippen LogP contribution in [0.1, 0.15) is 30.6 Å². The first-order valence-electron chi connectivity index (χ1n) is 8.76. The second-order valence-corrected chi connectivity index (χ2v) is 6.80. The highest BCUT2D eigenvalue weighted by Gasteiger charge is 2.30. The summed E-state index contributed by atoms with van der Waals surface area (Å²) < 4.78 is 2.19. The minimum absolute atomic E-state index is 0.0140. The zero-order chi connectivity index (χ0) is 18.1. The lowest BCUT2D eigenvalue weighted by molar-refractivity contribution is 0.181. The van der Waals surface area contributed by atoms with Crippen molar-refractivity contribution < 1.29 is 4.79 Å². The Labute approximate surface area is 158 Å². The molecular formula is C21H20ClN3O. The van der Waals surface area contributed by atoms with Crippen molar-refractivity contribution in [1.29, 1.82) is 0 Å². The lowest BCUT2D eigenvalue weighted by Gasteiger charge is -2.30. The smallest absolute Gasteiger partial charge is 0.318 e. The monoisotopic (exact) mass is 365 g/mol. The van der Waals surface area contributed by atoms with Crippen molar-refractivity contribution in [3.8, 4) is 5.69 Å². The number of nitrogens with one attached hydrogen (secondary N) is 1. The predicted molar refractivity (Wildman–Crippen MR) is 105 cm³/mol. The number of carbonyl (C=O) groups is 1. The van der Waals surface area contributed by atoms with Gasteiger partial charge in [-0.2, -0.15) is 0 Å². The maximum atomic E-state index is 13.1. The van der Waals surface area contributed by atoms with Crippen LogP contribution >= 0.6 is 11.6 Å². The number of benzene rings is 2. The number of hydrogen-bond acceptors (Lipinski definition) is 1. The molecule has 2 amide bonds. The topological polar surface area (TPSA) is 37.3 Å². The molecule has 26 heavy (non-hydrogen) atoms. The fourth-order valence-corrected chi connectivity index (χ4v) is 3.79.